The van der Waals surface area contributed by atoms with Crippen molar-refractivity contribution >= 4 is 34.1 Å². The first-order chi connectivity index (χ1) is 8.15. The van der Waals surface area contributed by atoms with Crippen molar-refractivity contribution in [3.8, 4) is 0 Å². The number of nitrogens with one attached hydrogen (secondary N) is 1. The zero-order valence-electron chi connectivity index (χ0n) is 8.93. The van der Waals surface area contributed by atoms with Gasteiger partial charge in [-0.25, -0.2) is 4.98 Å². The number of H-pyrrole nitrogens is 1. The van der Waals surface area contributed by atoms with Crippen molar-refractivity contribution in [3.63, 3.8) is 0 Å². The lowest BCUT2D eigenvalue weighted by Gasteiger charge is -2.16. The normalized spacial score (nSPS) is 16.1. The summed E-state index contributed by atoms with van der Waals surface area (Å²) in [6, 6.07) is 3.44. The largest absolute Gasteiger partial charge is 0.397 e. The van der Waals surface area contributed by atoms with E-state index in [1.807, 2.05) is 0 Å². The molecule has 1 fully saturated rings. The summed E-state index contributed by atoms with van der Waals surface area (Å²) < 4.78 is 0. The SMILES string of the molecule is Nc1cc2[nH]cnc2cc1N1CC(=O)CC1=O. The molecule has 1 aromatic heterocycles. The number of imidazole rings is 1. The first kappa shape index (κ1) is 9.83. The number of aromatic nitrogens is 2. The van der Waals surface area contributed by atoms with E-state index in [4.69, 9.17) is 5.73 Å². The molecule has 3 rings (SSSR count). The van der Waals surface area contributed by atoms with Crippen LogP contribution in [0.4, 0.5) is 11.4 Å². The fraction of sp³-hybridized carbons (Fsp3) is 0.182. The molecular formula is C11H10N4O2. The second-order valence-electron chi connectivity index (χ2n) is 4.03. The molecule has 0 aliphatic carbocycles. The van der Waals surface area contributed by atoms with Gasteiger partial charge in [-0.3, -0.25) is 9.59 Å². The quantitative estimate of drug-likeness (QED) is 0.549. The molecule has 1 saturated heterocycles. The van der Waals surface area contributed by atoms with Gasteiger partial charge in [-0.05, 0) is 12.1 Å². The number of aromatic amines is 1. The number of ketones is 1. The molecule has 2 aromatic rings. The lowest BCUT2D eigenvalue weighted by molar-refractivity contribution is -0.121. The van der Waals surface area contributed by atoms with Gasteiger partial charge in [-0.2, -0.15) is 0 Å². The van der Waals surface area contributed by atoms with E-state index in [2.05, 4.69) is 9.97 Å². The minimum atomic E-state index is -0.211. The van der Waals surface area contributed by atoms with Crippen LogP contribution in [0.2, 0.25) is 0 Å². The van der Waals surface area contributed by atoms with Gasteiger partial charge in [0.05, 0.1) is 41.7 Å². The molecule has 0 unspecified atom stereocenters. The van der Waals surface area contributed by atoms with E-state index in [0.29, 0.717) is 11.4 Å². The molecule has 86 valence electrons. The fourth-order valence-corrected chi connectivity index (χ4v) is 2.03. The van der Waals surface area contributed by atoms with Gasteiger partial charge >= 0.3 is 0 Å². The van der Waals surface area contributed by atoms with E-state index in [0.717, 1.165) is 11.0 Å². The van der Waals surface area contributed by atoms with Crippen LogP contribution in [0.1, 0.15) is 6.42 Å². The Kier molecular flexibility index (Phi) is 1.91. The highest BCUT2D eigenvalue weighted by atomic mass is 16.2. The number of Topliss-reactive ketones (excluding diaryl/α,β-unsaturated/α-hetero) is 1. The van der Waals surface area contributed by atoms with Crippen LogP contribution in [-0.4, -0.2) is 28.2 Å². The van der Waals surface area contributed by atoms with Gasteiger partial charge < -0.3 is 15.6 Å². The molecule has 6 nitrogen and oxygen atoms in total. The summed E-state index contributed by atoms with van der Waals surface area (Å²) in [7, 11) is 0. The maximum atomic E-state index is 11.6. The molecule has 6 heteroatoms. The number of hydrogen-bond acceptors (Lipinski definition) is 4. The summed E-state index contributed by atoms with van der Waals surface area (Å²) in [5.41, 5.74) is 8.43. The zero-order chi connectivity index (χ0) is 12.0. The number of carbonyl (C=O) groups is 2. The van der Waals surface area contributed by atoms with E-state index in [1.165, 1.54) is 4.90 Å². The van der Waals surface area contributed by atoms with Gasteiger partial charge in [-0.1, -0.05) is 0 Å². The van der Waals surface area contributed by atoms with Crippen molar-refractivity contribution in [2.75, 3.05) is 17.2 Å². The van der Waals surface area contributed by atoms with Crippen LogP contribution in [-0.2, 0) is 9.59 Å². The Balaban J connectivity index is 2.13. The van der Waals surface area contributed by atoms with E-state index in [1.54, 1.807) is 18.5 Å². The summed E-state index contributed by atoms with van der Waals surface area (Å²) in [5, 5.41) is 0. The predicted molar refractivity (Wildman–Crippen MR) is 62.5 cm³/mol. The summed E-state index contributed by atoms with van der Waals surface area (Å²) in [6.07, 6.45) is 1.52. The van der Waals surface area contributed by atoms with Gasteiger partial charge in [0.2, 0.25) is 5.91 Å². The Hall–Kier alpha value is -2.37. The number of nitrogens with two attached hydrogens (primary N) is 1. The molecule has 2 heterocycles. The van der Waals surface area contributed by atoms with Crippen LogP contribution < -0.4 is 10.6 Å². The first-order valence-corrected chi connectivity index (χ1v) is 5.20. The molecule has 1 amide bonds. The molecule has 0 saturated carbocycles. The minimum absolute atomic E-state index is 0.0436. The Bertz CT molecular complexity index is 631. The smallest absolute Gasteiger partial charge is 0.234 e. The number of benzene rings is 1. The average molecular weight is 230 g/mol. The van der Waals surface area contributed by atoms with Gasteiger partial charge in [0, 0.05) is 0 Å². The monoisotopic (exact) mass is 230 g/mol. The zero-order valence-corrected chi connectivity index (χ0v) is 8.93. The molecule has 3 N–H and O–H groups in total. The highest BCUT2D eigenvalue weighted by Crippen LogP contribution is 2.29. The molecule has 1 aliphatic rings. The fourth-order valence-electron chi connectivity index (χ4n) is 2.03. The number of fused-ring (bicyclic) bond motifs is 1. The molecule has 0 atom stereocenters. The van der Waals surface area contributed by atoms with E-state index < -0.39 is 0 Å². The summed E-state index contributed by atoms with van der Waals surface area (Å²) in [5.74, 6) is -0.298. The second-order valence-corrected chi connectivity index (χ2v) is 4.03. The summed E-state index contributed by atoms with van der Waals surface area (Å²) in [6.45, 7) is 0.0962. The molecule has 0 bridgehead atoms. The third-order valence-corrected chi connectivity index (χ3v) is 2.84. The number of hydrogen-bond donors (Lipinski definition) is 2. The Morgan fingerprint density at radius 3 is 2.88 bits per heavy atom. The average Bonchev–Trinajstić information content (AvgIpc) is 2.83. The van der Waals surface area contributed by atoms with Crippen LogP contribution in [0.5, 0.6) is 0 Å². The van der Waals surface area contributed by atoms with Gasteiger partial charge in [0.25, 0.3) is 0 Å². The Morgan fingerprint density at radius 1 is 1.35 bits per heavy atom. The minimum Gasteiger partial charge on any atom is -0.397 e. The van der Waals surface area contributed by atoms with Gasteiger partial charge in [-0.15, -0.1) is 0 Å². The third kappa shape index (κ3) is 1.45. The number of nitrogen functional groups attached to an aromatic ring is 1. The second kappa shape index (κ2) is 3.31. The number of anilines is 2. The third-order valence-electron chi connectivity index (χ3n) is 2.84. The molecule has 0 spiro atoms. The topological polar surface area (TPSA) is 92.1 Å². The Morgan fingerprint density at radius 2 is 2.18 bits per heavy atom. The van der Waals surface area contributed by atoms with Crippen molar-refractivity contribution in [3.05, 3.63) is 18.5 Å². The van der Waals surface area contributed by atoms with Crippen LogP contribution in [0.15, 0.2) is 18.5 Å². The van der Waals surface area contributed by atoms with Crippen LogP contribution in [0.3, 0.4) is 0 Å². The standard InChI is InChI=1S/C11H10N4O2/c12-7-2-8-9(14-5-13-8)3-10(7)15-4-6(16)1-11(15)17/h2-3,5H,1,4,12H2,(H,13,14). The molecule has 1 aromatic carbocycles. The van der Waals surface area contributed by atoms with E-state index in [-0.39, 0.29) is 24.7 Å². The number of nitrogens with zero attached hydrogens (tertiary/aromatic N) is 2. The lowest BCUT2D eigenvalue weighted by atomic mass is 10.2. The molecule has 0 radical (unpaired) electrons. The van der Waals surface area contributed by atoms with Crippen molar-refractivity contribution in [1.82, 2.24) is 9.97 Å². The maximum absolute atomic E-state index is 11.6. The van der Waals surface area contributed by atoms with Crippen LogP contribution in [0, 0.1) is 0 Å². The van der Waals surface area contributed by atoms with E-state index >= 15 is 0 Å². The number of carbonyl (C=O) groups excluding carboxylic acids is 2. The van der Waals surface area contributed by atoms with Crippen molar-refractivity contribution < 1.29 is 9.59 Å². The molecule has 17 heavy (non-hydrogen) atoms. The van der Waals surface area contributed by atoms with Crippen LogP contribution in [0.25, 0.3) is 11.0 Å². The first-order valence-electron chi connectivity index (χ1n) is 5.20. The number of amides is 1. The van der Waals surface area contributed by atoms with Gasteiger partial charge in [0.15, 0.2) is 5.78 Å². The van der Waals surface area contributed by atoms with Crippen molar-refractivity contribution in [1.29, 1.82) is 0 Å². The highest BCUT2D eigenvalue weighted by Gasteiger charge is 2.29. The summed E-state index contributed by atoms with van der Waals surface area (Å²) >= 11 is 0. The van der Waals surface area contributed by atoms with Crippen LogP contribution >= 0.6 is 0 Å². The highest BCUT2D eigenvalue weighted by molar-refractivity contribution is 6.16. The molecular weight excluding hydrogens is 220 g/mol. The Labute approximate surface area is 96.4 Å². The molecule has 1 aliphatic heterocycles. The predicted octanol–water partition coefficient (Wildman–Crippen LogP) is 0.451. The lowest BCUT2D eigenvalue weighted by Crippen LogP contribution is -2.25. The summed E-state index contributed by atoms with van der Waals surface area (Å²) in [4.78, 5) is 31.3. The number of rotatable bonds is 1. The van der Waals surface area contributed by atoms with Crippen molar-refractivity contribution in [2.45, 2.75) is 6.42 Å². The van der Waals surface area contributed by atoms with E-state index in [9.17, 15) is 9.59 Å². The maximum Gasteiger partial charge on any atom is 0.234 e. The van der Waals surface area contributed by atoms with Crippen molar-refractivity contribution in [2.24, 2.45) is 0 Å². The van der Waals surface area contributed by atoms with Gasteiger partial charge in [0.1, 0.15) is 0 Å².